The van der Waals surface area contributed by atoms with Crippen molar-refractivity contribution in [2.24, 2.45) is 0 Å². The normalized spacial score (nSPS) is 10.5. The molecule has 19 heavy (non-hydrogen) atoms. The van der Waals surface area contributed by atoms with Crippen LogP contribution in [-0.4, -0.2) is 5.91 Å². The van der Waals surface area contributed by atoms with Crippen molar-refractivity contribution >= 4 is 33.2 Å². The molecule has 0 spiro atoms. The quantitative estimate of drug-likeness (QED) is 0.890. The number of aryl methyl sites for hydroxylation is 2. The second-order valence-corrected chi connectivity index (χ2v) is 6.44. The van der Waals surface area contributed by atoms with Gasteiger partial charge < -0.3 is 5.32 Å². The topological polar surface area (TPSA) is 29.1 Å². The molecule has 0 aliphatic carbocycles. The second kappa shape index (κ2) is 5.84. The molecule has 0 radical (unpaired) electrons. The van der Waals surface area contributed by atoms with Gasteiger partial charge in [0.15, 0.2) is 0 Å². The molecule has 1 aromatic carbocycles. The van der Waals surface area contributed by atoms with Crippen molar-refractivity contribution in [1.82, 2.24) is 5.32 Å². The smallest absolute Gasteiger partial charge is 0.261 e. The second-order valence-electron chi connectivity index (χ2n) is 4.27. The molecule has 1 amide bonds. The van der Waals surface area contributed by atoms with E-state index in [0.29, 0.717) is 10.4 Å². The minimum atomic E-state index is -0.318. The van der Waals surface area contributed by atoms with Crippen LogP contribution in [0.4, 0.5) is 4.39 Å². The van der Waals surface area contributed by atoms with Crippen LogP contribution in [0.15, 0.2) is 28.7 Å². The summed E-state index contributed by atoms with van der Waals surface area (Å²) in [5, 5.41) is 2.73. The van der Waals surface area contributed by atoms with E-state index in [0.717, 1.165) is 14.9 Å². The zero-order valence-electron chi connectivity index (χ0n) is 10.6. The number of rotatable bonds is 3. The Kier molecular flexibility index (Phi) is 4.37. The van der Waals surface area contributed by atoms with E-state index in [1.165, 1.54) is 17.4 Å². The summed E-state index contributed by atoms with van der Waals surface area (Å²) in [6, 6.07) is 6.53. The highest BCUT2D eigenvalue weighted by atomic mass is 79.9. The van der Waals surface area contributed by atoms with Crippen molar-refractivity contribution < 1.29 is 9.18 Å². The third-order valence-corrected chi connectivity index (χ3v) is 4.48. The summed E-state index contributed by atoms with van der Waals surface area (Å²) >= 11 is 4.73. The van der Waals surface area contributed by atoms with Crippen LogP contribution in [0.3, 0.4) is 0 Å². The third-order valence-electron chi connectivity index (χ3n) is 2.84. The van der Waals surface area contributed by atoms with Crippen LogP contribution < -0.4 is 5.32 Å². The molecule has 2 aromatic rings. The van der Waals surface area contributed by atoms with Crippen LogP contribution in [-0.2, 0) is 6.54 Å². The number of benzene rings is 1. The third kappa shape index (κ3) is 3.42. The van der Waals surface area contributed by atoms with E-state index in [1.54, 1.807) is 12.1 Å². The maximum Gasteiger partial charge on any atom is 0.261 e. The molecule has 0 bridgehead atoms. The first-order valence-electron chi connectivity index (χ1n) is 5.76. The number of hydrogen-bond acceptors (Lipinski definition) is 2. The summed E-state index contributed by atoms with van der Waals surface area (Å²) in [5.41, 5.74) is 1.57. The first kappa shape index (κ1) is 14.2. The Morgan fingerprint density at radius 1 is 1.37 bits per heavy atom. The Morgan fingerprint density at radius 2 is 2.11 bits per heavy atom. The summed E-state index contributed by atoms with van der Waals surface area (Å²) < 4.78 is 14.3. The van der Waals surface area contributed by atoms with Gasteiger partial charge in [-0.25, -0.2) is 4.39 Å². The average Bonchev–Trinajstić information content (AvgIpc) is 2.70. The summed E-state index contributed by atoms with van der Waals surface area (Å²) in [7, 11) is 0. The molecule has 1 aromatic heterocycles. The molecule has 1 heterocycles. The van der Waals surface area contributed by atoms with Gasteiger partial charge >= 0.3 is 0 Å². The molecule has 5 heteroatoms. The van der Waals surface area contributed by atoms with Crippen molar-refractivity contribution in [3.8, 4) is 0 Å². The van der Waals surface area contributed by atoms with Crippen molar-refractivity contribution in [1.29, 1.82) is 0 Å². The highest BCUT2D eigenvalue weighted by molar-refractivity contribution is 9.10. The van der Waals surface area contributed by atoms with Gasteiger partial charge in [-0.1, -0.05) is 15.9 Å². The van der Waals surface area contributed by atoms with Crippen molar-refractivity contribution in [2.75, 3.05) is 0 Å². The zero-order chi connectivity index (χ0) is 14.0. The van der Waals surface area contributed by atoms with Crippen LogP contribution in [0.1, 0.15) is 25.7 Å². The fraction of sp³-hybridized carbons (Fsp3) is 0.214. The fourth-order valence-electron chi connectivity index (χ4n) is 1.63. The Labute approximate surface area is 123 Å². The predicted octanol–water partition coefficient (Wildman–Crippen LogP) is 4.20. The molecular weight excluding hydrogens is 329 g/mol. The number of carbonyl (C=O) groups is 1. The van der Waals surface area contributed by atoms with Gasteiger partial charge in [0.2, 0.25) is 0 Å². The van der Waals surface area contributed by atoms with E-state index in [4.69, 9.17) is 0 Å². The molecular formula is C14H13BrFNOS. The fourth-order valence-corrected chi connectivity index (χ4v) is 2.99. The highest BCUT2D eigenvalue weighted by Gasteiger charge is 2.11. The Morgan fingerprint density at radius 3 is 2.74 bits per heavy atom. The number of nitrogens with one attached hydrogen (secondary N) is 1. The largest absolute Gasteiger partial charge is 0.347 e. The van der Waals surface area contributed by atoms with E-state index in [-0.39, 0.29) is 18.3 Å². The van der Waals surface area contributed by atoms with Gasteiger partial charge in [-0.05, 0) is 43.7 Å². The van der Waals surface area contributed by atoms with E-state index in [1.807, 2.05) is 19.9 Å². The first-order chi connectivity index (χ1) is 8.97. The molecule has 0 aliphatic heterocycles. The Balaban J connectivity index is 2.06. The minimum absolute atomic E-state index is 0.166. The van der Waals surface area contributed by atoms with E-state index in [9.17, 15) is 9.18 Å². The zero-order valence-corrected chi connectivity index (χ0v) is 13.0. The highest BCUT2D eigenvalue weighted by Crippen LogP contribution is 2.21. The molecule has 0 fully saturated rings. The predicted molar refractivity (Wildman–Crippen MR) is 79.1 cm³/mol. The summed E-state index contributed by atoms with van der Waals surface area (Å²) in [6.45, 7) is 4.13. The van der Waals surface area contributed by atoms with Crippen LogP contribution in [0.2, 0.25) is 0 Å². The van der Waals surface area contributed by atoms with Crippen LogP contribution in [0, 0.1) is 19.7 Å². The number of amides is 1. The Bertz CT molecular complexity index is 604. The van der Waals surface area contributed by atoms with Gasteiger partial charge in [0, 0.05) is 21.5 Å². The standard InChI is InChI=1S/C14H13BrFNOS/c1-8-5-13(19-9(8)2)14(18)17-7-10-6-11(15)3-4-12(10)16/h3-6H,7H2,1-2H3,(H,17,18). The van der Waals surface area contributed by atoms with Crippen molar-refractivity contribution in [3.63, 3.8) is 0 Å². The van der Waals surface area contributed by atoms with E-state index < -0.39 is 0 Å². The number of halogens is 2. The average molecular weight is 342 g/mol. The lowest BCUT2D eigenvalue weighted by atomic mass is 10.2. The summed E-state index contributed by atoms with van der Waals surface area (Å²) in [5.74, 6) is -0.484. The van der Waals surface area contributed by atoms with Gasteiger partial charge in [0.05, 0.1) is 4.88 Å². The monoisotopic (exact) mass is 341 g/mol. The lowest BCUT2D eigenvalue weighted by Gasteiger charge is -2.05. The number of hydrogen-bond donors (Lipinski definition) is 1. The van der Waals surface area contributed by atoms with Crippen LogP contribution in [0.25, 0.3) is 0 Å². The van der Waals surface area contributed by atoms with Gasteiger partial charge in [-0.15, -0.1) is 11.3 Å². The molecule has 2 rings (SSSR count). The van der Waals surface area contributed by atoms with Crippen LogP contribution >= 0.6 is 27.3 Å². The Hall–Kier alpha value is -1.20. The molecule has 0 atom stereocenters. The summed E-state index contributed by atoms with van der Waals surface area (Å²) in [4.78, 5) is 13.7. The maximum atomic E-state index is 13.5. The van der Waals surface area contributed by atoms with Crippen LogP contribution in [0.5, 0.6) is 0 Å². The lowest BCUT2D eigenvalue weighted by Crippen LogP contribution is -2.22. The molecule has 0 unspecified atom stereocenters. The van der Waals surface area contributed by atoms with Crippen molar-refractivity contribution in [2.45, 2.75) is 20.4 Å². The number of thiophene rings is 1. The number of carbonyl (C=O) groups excluding carboxylic acids is 1. The van der Waals surface area contributed by atoms with Crippen molar-refractivity contribution in [3.05, 3.63) is 55.4 Å². The van der Waals surface area contributed by atoms with E-state index >= 15 is 0 Å². The molecule has 0 saturated heterocycles. The molecule has 100 valence electrons. The minimum Gasteiger partial charge on any atom is -0.347 e. The SMILES string of the molecule is Cc1cc(C(=O)NCc2cc(Br)ccc2F)sc1C. The van der Waals surface area contributed by atoms with Gasteiger partial charge in [0.25, 0.3) is 5.91 Å². The molecule has 1 N–H and O–H groups in total. The first-order valence-corrected chi connectivity index (χ1v) is 7.37. The van der Waals surface area contributed by atoms with Gasteiger partial charge in [-0.3, -0.25) is 4.79 Å². The molecule has 0 aliphatic rings. The van der Waals surface area contributed by atoms with Gasteiger partial charge in [0.1, 0.15) is 5.82 Å². The van der Waals surface area contributed by atoms with Gasteiger partial charge in [-0.2, -0.15) is 0 Å². The molecule has 0 saturated carbocycles. The van der Waals surface area contributed by atoms with E-state index in [2.05, 4.69) is 21.2 Å². The molecule has 2 nitrogen and oxygen atoms in total. The summed E-state index contributed by atoms with van der Waals surface area (Å²) in [6.07, 6.45) is 0. The maximum absolute atomic E-state index is 13.5. The lowest BCUT2D eigenvalue weighted by molar-refractivity contribution is 0.0954.